The van der Waals surface area contributed by atoms with E-state index < -0.39 is 29.1 Å². The molecule has 0 aliphatic carbocycles. The highest BCUT2D eigenvalue weighted by atomic mass is 79.9. The molecular weight excluding hydrogens is 611 g/mol. The minimum atomic E-state index is -4.60. The van der Waals surface area contributed by atoms with Crippen LogP contribution in [-0.4, -0.2) is 26.8 Å². The summed E-state index contributed by atoms with van der Waals surface area (Å²) < 4.78 is 43.8. The van der Waals surface area contributed by atoms with Crippen LogP contribution in [-0.2, 0) is 0 Å². The fourth-order valence-electron chi connectivity index (χ4n) is 4.40. The smallest absolute Gasteiger partial charge is 0.363 e. The molecule has 0 bridgehead atoms. The highest BCUT2D eigenvalue weighted by molar-refractivity contribution is 9.10. The Morgan fingerprint density at radius 2 is 1.82 bits per heavy atom. The molecule has 206 valence electrons. The third-order valence-corrected chi connectivity index (χ3v) is 7.88. The van der Waals surface area contributed by atoms with Crippen LogP contribution in [0.1, 0.15) is 40.0 Å². The number of carbonyl (C=O) groups is 1. The lowest BCUT2D eigenvalue weighted by Gasteiger charge is -2.34. The first-order valence-electron chi connectivity index (χ1n) is 12.0. The lowest BCUT2D eigenvalue weighted by Crippen LogP contribution is -2.36. The molecule has 2 atom stereocenters. The van der Waals surface area contributed by atoms with Gasteiger partial charge >= 0.3 is 6.18 Å². The van der Waals surface area contributed by atoms with Gasteiger partial charge in [-0.15, -0.1) is 0 Å². The second-order valence-corrected chi connectivity index (χ2v) is 11.3. The topological polar surface area (TPSA) is 102 Å². The summed E-state index contributed by atoms with van der Waals surface area (Å²) in [6.07, 6.45) is -3.83. The normalized spacial score (nSPS) is 16.6. The molecule has 5 rings (SSSR count). The Labute approximate surface area is 239 Å². The number of non-ortho nitro benzene ring substituents is 1. The number of halogens is 4. The maximum absolute atomic E-state index is 14.0. The van der Waals surface area contributed by atoms with E-state index >= 15 is 0 Å². The molecule has 0 radical (unpaired) electrons. The van der Waals surface area contributed by atoms with Gasteiger partial charge < -0.3 is 10.6 Å². The molecule has 8 nitrogen and oxygen atoms in total. The minimum Gasteiger partial charge on any atom is -0.363 e. The van der Waals surface area contributed by atoms with Gasteiger partial charge in [0.15, 0.2) is 6.04 Å². The van der Waals surface area contributed by atoms with E-state index in [0.29, 0.717) is 10.5 Å². The van der Waals surface area contributed by atoms with Crippen LogP contribution < -0.4 is 10.6 Å². The minimum absolute atomic E-state index is 0.0773. The third-order valence-electron chi connectivity index (χ3n) is 6.37. The van der Waals surface area contributed by atoms with Crippen LogP contribution in [0.4, 0.5) is 30.4 Å². The average molecular weight is 632 g/mol. The van der Waals surface area contributed by atoms with Crippen molar-refractivity contribution < 1.29 is 22.9 Å². The number of hydrogen-bond acceptors (Lipinski definition) is 6. The number of aromatic nitrogens is 2. The Morgan fingerprint density at radius 1 is 1.12 bits per heavy atom. The van der Waals surface area contributed by atoms with E-state index in [-0.39, 0.29) is 29.2 Å². The predicted molar refractivity (Wildman–Crippen MR) is 149 cm³/mol. The number of nitrogens with one attached hydrogen (secondary N) is 2. The van der Waals surface area contributed by atoms with Gasteiger partial charge in [0.25, 0.3) is 11.6 Å². The second-order valence-electron chi connectivity index (χ2n) is 9.23. The molecule has 2 heterocycles. The van der Waals surface area contributed by atoms with Crippen LogP contribution in [0, 0.1) is 17.0 Å². The predicted octanol–water partition coefficient (Wildman–Crippen LogP) is 7.93. The zero-order valence-corrected chi connectivity index (χ0v) is 23.2. The van der Waals surface area contributed by atoms with Crippen LogP contribution in [0.5, 0.6) is 0 Å². The van der Waals surface area contributed by atoms with Gasteiger partial charge in [-0.2, -0.15) is 18.3 Å². The van der Waals surface area contributed by atoms with Crippen molar-refractivity contribution >= 4 is 50.8 Å². The number of aryl methyl sites for hydroxylation is 1. The highest BCUT2D eigenvalue weighted by Crippen LogP contribution is 2.44. The number of hydrogen-bond donors (Lipinski definition) is 2. The number of rotatable bonds is 6. The van der Waals surface area contributed by atoms with Gasteiger partial charge in [-0.05, 0) is 42.8 Å². The summed E-state index contributed by atoms with van der Waals surface area (Å²) >= 11 is 4.62. The number of nitrogens with zero attached hydrogens (tertiary/aromatic N) is 3. The molecule has 40 heavy (non-hydrogen) atoms. The van der Waals surface area contributed by atoms with E-state index in [1.807, 2.05) is 43.3 Å². The van der Waals surface area contributed by atoms with E-state index in [0.717, 1.165) is 25.8 Å². The van der Waals surface area contributed by atoms with Gasteiger partial charge in [0.1, 0.15) is 11.4 Å². The number of nitro benzene ring substituents is 1. The zero-order chi connectivity index (χ0) is 28.6. The van der Waals surface area contributed by atoms with Gasteiger partial charge in [-0.3, -0.25) is 14.9 Å². The number of carbonyl (C=O) groups excluding carboxylic acids is 1. The number of amides is 1. The molecule has 0 fully saturated rings. The lowest BCUT2D eigenvalue weighted by molar-refractivity contribution is -0.385. The molecule has 0 spiro atoms. The summed E-state index contributed by atoms with van der Waals surface area (Å²) in [6.45, 7) is 1.88. The van der Waals surface area contributed by atoms with Crippen molar-refractivity contribution in [3.05, 3.63) is 104 Å². The van der Waals surface area contributed by atoms with Crippen molar-refractivity contribution in [1.29, 1.82) is 0 Å². The molecule has 1 amide bonds. The van der Waals surface area contributed by atoms with Crippen LogP contribution in [0.15, 0.2) is 87.2 Å². The van der Waals surface area contributed by atoms with Crippen molar-refractivity contribution in [2.45, 2.75) is 41.4 Å². The first-order valence-corrected chi connectivity index (χ1v) is 13.6. The highest BCUT2D eigenvalue weighted by Gasteiger charge is 2.47. The number of alkyl halides is 3. The average Bonchev–Trinajstić information content (AvgIpc) is 3.33. The first-order chi connectivity index (χ1) is 19.0. The fraction of sp³-hybridized carbons (Fsp3) is 0.185. The van der Waals surface area contributed by atoms with Crippen LogP contribution >= 0.6 is 27.7 Å². The lowest BCUT2D eigenvalue weighted by atomic mass is 9.96. The molecule has 1 aliphatic rings. The Bertz CT molecular complexity index is 1580. The summed E-state index contributed by atoms with van der Waals surface area (Å²) in [4.78, 5) is 25.6. The molecule has 3 aromatic carbocycles. The maximum atomic E-state index is 14.0. The summed E-state index contributed by atoms with van der Waals surface area (Å²) in [5, 5.41) is 21.1. The Morgan fingerprint density at radius 3 is 2.48 bits per heavy atom. The number of fused-ring (bicyclic) bond motifs is 1. The van der Waals surface area contributed by atoms with Crippen LogP contribution in [0.2, 0.25) is 0 Å². The summed E-state index contributed by atoms with van der Waals surface area (Å²) in [6, 6.07) is 15.9. The molecule has 1 aromatic heterocycles. The van der Waals surface area contributed by atoms with E-state index in [9.17, 15) is 28.1 Å². The molecular formula is C27H21BrF3N5O3S. The van der Waals surface area contributed by atoms with Gasteiger partial charge in [0, 0.05) is 38.5 Å². The zero-order valence-electron chi connectivity index (χ0n) is 20.8. The summed E-state index contributed by atoms with van der Waals surface area (Å²) in [7, 11) is 0. The van der Waals surface area contributed by atoms with Crippen molar-refractivity contribution in [2.24, 2.45) is 0 Å². The maximum Gasteiger partial charge on any atom is 0.410 e. The van der Waals surface area contributed by atoms with Crippen molar-refractivity contribution in [1.82, 2.24) is 9.78 Å². The van der Waals surface area contributed by atoms with Crippen molar-refractivity contribution in [3.8, 4) is 0 Å². The van der Waals surface area contributed by atoms with Gasteiger partial charge in [0.2, 0.25) is 0 Å². The van der Waals surface area contributed by atoms with Crippen LogP contribution in [0.25, 0.3) is 0 Å². The van der Waals surface area contributed by atoms with Gasteiger partial charge in [-0.1, -0.05) is 57.5 Å². The number of nitro groups is 1. The summed E-state index contributed by atoms with van der Waals surface area (Å²) in [5.41, 5.74) is 1.37. The molecule has 13 heteroatoms. The molecule has 4 aromatic rings. The number of anilines is 2. The summed E-state index contributed by atoms with van der Waals surface area (Å²) in [5.74, 6) is -0.828. The van der Waals surface area contributed by atoms with E-state index in [1.54, 1.807) is 18.2 Å². The molecule has 2 N–H and O–H groups in total. The van der Waals surface area contributed by atoms with Crippen LogP contribution in [0.3, 0.4) is 0 Å². The molecule has 0 saturated heterocycles. The SMILES string of the molecule is Cc1ccc([C@H]2C[C@H](C(F)(F)F)n3ncc(C(=O)Nc4cc(Sc5ccc(Br)cc5)cc([N+](=O)[O-])c4)c3N2)cc1. The van der Waals surface area contributed by atoms with Gasteiger partial charge in [0.05, 0.1) is 17.2 Å². The quantitative estimate of drug-likeness (QED) is 0.165. The second kappa shape index (κ2) is 11.0. The van der Waals surface area contributed by atoms with E-state index in [4.69, 9.17) is 0 Å². The molecule has 0 unspecified atom stereocenters. The Balaban J connectivity index is 1.45. The Hall–Kier alpha value is -3.84. The monoisotopic (exact) mass is 631 g/mol. The number of benzene rings is 3. The fourth-order valence-corrected chi connectivity index (χ4v) is 5.58. The standard InChI is InChI=1S/C27H21BrF3N5O3S/c1-15-2-4-16(5-3-15)23-13-24(27(29,30)31)35-25(34-23)22(14-32-35)26(37)33-18-10-19(36(38)39)12-21(11-18)40-20-8-6-17(28)7-9-20/h2-12,14,23-24,34H,13H2,1H3,(H,33,37)/t23-,24-/m1/s1. The Kier molecular flexibility index (Phi) is 7.60. The van der Waals surface area contributed by atoms with Crippen molar-refractivity contribution in [3.63, 3.8) is 0 Å². The third kappa shape index (κ3) is 5.99. The van der Waals surface area contributed by atoms with Crippen molar-refractivity contribution in [2.75, 3.05) is 10.6 Å². The largest absolute Gasteiger partial charge is 0.410 e. The molecule has 0 saturated carbocycles. The van der Waals surface area contributed by atoms with E-state index in [1.165, 1.54) is 23.9 Å². The molecule has 1 aliphatic heterocycles. The van der Waals surface area contributed by atoms with E-state index in [2.05, 4.69) is 31.7 Å². The first kappa shape index (κ1) is 27.7. The van der Waals surface area contributed by atoms with Gasteiger partial charge in [-0.25, -0.2) is 4.68 Å².